The van der Waals surface area contributed by atoms with Crippen LogP contribution in [0.25, 0.3) is 11.0 Å². The van der Waals surface area contributed by atoms with E-state index in [-0.39, 0.29) is 35.3 Å². The highest BCUT2D eigenvalue weighted by atomic mass is 19.1. The van der Waals surface area contributed by atoms with E-state index in [1.54, 1.807) is 49.5 Å². The number of rotatable bonds is 4. The Morgan fingerprint density at radius 3 is 2.08 bits per heavy atom. The molecular weight excluding hydrogens is 472 g/mol. The number of nitrogens with zero attached hydrogens (tertiary/aromatic N) is 5. The summed E-state index contributed by atoms with van der Waals surface area (Å²) in [5.74, 6) is -0.621. The minimum Gasteiger partial charge on any atom is -0.364 e. The molecule has 0 radical (unpaired) electrons. The molecule has 8 heteroatoms. The van der Waals surface area contributed by atoms with Crippen LogP contribution in [0.15, 0.2) is 71.5 Å². The van der Waals surface area contributed by atoms with Gasteiger partial charge in [-0.1, -0.05) is 24.3 Å². The maximum atomic E-state index is 13.7. The van der Waals surface area contributed by atoms with Gasteiger partial charge in [-0.25, -0.2) is 13.8 Å². The average Bonchev–Trinajstić information content (AvgIpc) is 2.90. The first-order valence-corrected chi connectivity index (χ1v) is 12.2. The fraction of sp³-hybridized carbons (Fsp3) is 0.276. The summed E-state index contributed by atoms with van der Waals surface area (Å²) in [6.07, 6.45) is 0. The van der Waals surface area contributed by atoms with E-state index >= 15 is 0 Å². The first-order chi connectivity index (χ1) is 17.8. The number of anilines is 1. The second kappa shape index (κ2) is 9.75. The Hall–Kier alpha value is -4.09. The molecule has 37 heavy (non-hydrogen) atoms. The monoisotopic (exact) mass is 499 g/mol. The van der Waals surface area contributed by atoms with Crippen molar-refractivity contribution in [3.05, 3.63) is 106 Å². The largest absolute Gasteiger partial charge is 0.364 e. The molecule has 1 aliphatic heterocycles. The van der Waals surface area contributed by atoms with Crippen LogP contribution in [0.2, 0.25) is 0 Å². The van der Waals surface area contributed by atoms with Gasteiger partial charge in [0.2, 0.25) is 0 Å². The molecule has 2 atom stereocenters. The lowest BCUT2D eigenvalue weighted by Crippen LogP contribution is -2.57. The van der Waals surface area contributed by atoms with Gasteiger partial charge < -0.3 is 9.47 Å². The lowest BCUT2D eigenvalue weighted by molar-refractivity contribution is 0.130. The van der Waals surface area contributed by atoms with Gasteiger partial charge in [0.1, 0.15) is 28.9 Å². The Balaban J connectivity index is 1.55. The summed E-state index contributed by atoms with van der Waals surface area (Å²) in [5, 5.41) is 9.41. The zero-order chi connectivity index (χ0) is 26.3. The summed E-state index contributed by atoms with van der Waals surface area (Å²) in [5.41, 5.74) is 3.96. The Kier molecular flexibility index (Phi) is 6.48. The smallest absolute Gasteiger partial charge is 0.252 e. The van der Waals surface area contributed by atoms with Crippen molar-refractivity contribution in [1.29, 1.82) is 5.26 Å². The molecule has 0 aliphatic carbocycles. The van der Waals surface area contributed by atoms with Gasteiger partial charge >= 0.3 is 0 Å². The van der Waals surface area contributed by atoms with Gasteiger partial charge in [0.15, 0.2) is 0 Å². The molecule has 6 nitrogen and oxygen atoms in total. The summed E-state index contributed by atoms with van der Waals surface area (Å²) < 4.78 is 29.0. The molecule has 0 N–H and O–H groups in total. The molecule has 5 rings (SSSR count). The second-order valence-corrected chi connectivity index (χ2v) is 9.66. The first kappa shape index (κ1) is 24.6. The molecule has 1 saturated heterocycles. The number of fused-ring (bicyclic) bond motifs is 1. The van der Waals surface area contributed by atoms with Gasteiger partial charge in [-0.2, -0.15) is 5.26 Å². The number of halogens is 2. The van der Waals surface area contributed by atoms with Crippen molar-refractivity contribution in [2.45, 2.75) is 32.0 Å². The molecule has 0 amide bonds. The van der Waals surface area contributed by atoms with Crippen molar-refractivity contribution < 1.29 is 8.78 Å². The highest BCUT2D eigenvalue weighted by molar-refractivity contribution is 5.89. The van der Waals surface area contributed by atoms with E-state index in [9.17, 15) is 18.8 Å². The number of nitriles is 1. The van der Waals surface area contributed by atoms with E-state index in [1.165, 1.54) is 28.8 Å². The molecule has 0 saturated carbocycles. The van der Waals surface area contributed by atoms with Crippen LogP contribution in [0, 0.1) is 23.0 Å². The van der Waals surface area contributed by atoms with Crippen LogP contribution >= 0.6 is 0 Å². The Morgan fingerprint density at radius 1 is 0.919 bits per heavy atom. The quantitative estimate of drug-likeness (QED) is 0.405. The van der Waals surface area contributed by atoms with Crippen molar-refractivity contribution in [1.82, 2.24) is 14.5 Å². The number of piperazine rings is 1. The van der Waals surface area contributed by atoms with Crippen LogP contribution in [0.3, 0.4) is 0 Å². The third kappa shape index (κ3) is 4.58. The number of aryl methyl sites for hydroxylation is 1. The van der Waals surface area contributed by atoms with E-state index in [4.69, 9.17) is 0 Å². The second-order valence-electron chi connectivity index (χ2n) is 9.66. The van der Waals surface area contributed by atoms with Crippen LogP contribution in [0.5, 0.6) is 0 Å². The van der Waals surface area contributed by atoms with Crippen molar-refractivity contribution in [3.63, 3.8) is 0 Å². The van der Waals surface area contributed by atoms with Crippen molar-refractivity contribution in [3.8, 4) is 6.07 Å². The molecule has 1 aliphatic rings. The Bertz CT molecular complexity index is 1500. The van der Waals surface area contributed by atoms with Gasteiger partial charge in [-0.05, 0) is 61.4 Å². The minimum absolute atomic E-state index is 0.0116. The number of aromatic nitrogens is 2. The normalized spacial score (nSPS) is 18.4. The van der Waals surface area contributed by atoms with Crippen molar-refractivity contribution >= 4 is 16.7 Å². The van der Waals surface area contributed by atoms with E-state index in [2.05, 4.69) is 34.7 Å². The third-order valence-corrected chi connectivity index (χ3v) is 7.23. The number of pyridine rings is 2. The maximum absolute atomic E-state index is 13.7. The van der Waals surface area contributed by atoms with Gasteiger partial charge in [-0.15, -0.1) is 0 Å². The van der Waals surface area contributed by atoms with Crippen LogP contribution in [0.1, 0.15) is 36.7 Å². The molecule has 4 aromatic rings. The molecule has 0 spiro atoms. The summed E-state index contributed by atoms with van der Waals surface area (Å²) in [7, 11) is 1.70. The predicted octanol–water partition coefficient (Wildman–Crippen LogP) is 4.77. The van der Waals surface area contributed by atoms with Crippen molar-refractivity contribution in [2.75, 3.05) is 18.0 Å². The number of hydrogen-bond donors (Lipinski definition) is 0. The maximum Gasteiger partial charge on any atom is 0.252 e. The molecule has 2 aromatic carbocycles. The van der Waals surface area contributed by atoms with E-state index in [0.717, 1.165) is 11.1 Å². The zero-order valence-corrected chi connectivity index (χ0v) is 20.9. The summed E-state index contributed by atoms with van der Waals surface area (Å²) >= 11 is 0. The predicted molar refractivity (Wildman–Crippen MR) is 139 cm³/mol. The fourth-order valence-corrected chi connectivity index (χ4v) is 5.31. The molecule has 0 unspecified atom stereocenters. The lowest BCUT2D eigenvalue weighted by Gasteiger charge is -2.48. The van der Waals surface area contributed by atoms with E-state index in [1.807, 2.05) is 0 Å². The third-order valence-electron chi connectivity index (χ3n) is 7.23. The minimum atomic E-state index is -0.311. The number of hydrogen-bond acceptors (Lipinski definition) is 5. The first-order valence-electron chi connectivity index (χ1n) is 12.2. The fourth-order valence-electron chi connectivity index (χ4n) is 5.31. The van der Waals surface area contributed by atoms with Gasteiger partial charge in [0.25, 0.3) is 5.56 Å². The topological polar surface area (TPSA) is 65.2 Å². The highest BCUT2D eigenvalue weighted by Gasteiger charge is 2.36. The lowest BCUT2D eigenvalue weighted by atomic mass is 9.93. The molecule has 188 valence electrons. The molecule has 0 bridgehead atoms. The standard InChI is InChI=1S/C29H27F2N5O/c1-18-17-36(29(20-4-8-22(30)9-5-20)21-6-10-23(31)11-7-21)19(2)16-35(18)26-14-27(37)34(3)25-13-12-24(15-32)33-28(25)26/h4-14,18-19,29H,16-17H2,1-3H3/t18-,19+/m1/s1. The van der Waals surface area contributed by atoms with E-state index in [0.29, 0.717) is 35.5 Å². The Morgan fingerprint density at radius 2 is 1.51 bits per heavy atom. The van der Waals surface area contributed by atoms with Gasteiger partial charge in [0.05, 0.1) is 17.2 Å². The molecule has 3 heterocycles. The van der Waals surface area contributed by atoms with E-state index < -0.39 is 0 Å². The Labute approximate surface area is 214 Å². The highest BCUT2D eigenvalue weighted by Crippen LogP contribution is 2.36. The van der Waals surface area contributed by atoms with Crippen LogP contribution in [-0.4, -0.2) is 39.6 Å². The van der Waals surface area contributed by atoms with Gasteiger partial charge in [-0.3, -0.25) is 9.69 Å². The number of benzene rings is 2. The molecule has 2 aromatic heterocycles. The van der Waals surface area contributed by atoms with Crippen LogP contribution in [0.4, 0.5) is 14.5 Å². The molecule has 1 fully saturated rings. The summed E-state index contributed by atoms with van der Waals surface area (Å²) in [6.45, 7) is 5.43. The zero-order valence-electron chi connectivity index (χ0n) is 20.9. The molecular formula is C29H27F2N5O. The van der Waals surface area contributed by atoms with Crippen LogP contribution < -0.4 is 10.5 Å². The SMILES string of the molecule is C[C@@H]1CN(C(c2ccc(F)cc2)c2ccc(F)cc2)[C@@H](C)CN1c1cc(=O)n(C)c2ccc(C#N)nc12. The summed E-state index contributed by atoms with van der Waals surface area (Å²) in [4.78, 5) is 21.9. The summed E-state index contributed by atoms with van der Waals surface area (Å²) in [6, 6.07) is 19.7. The van der Waals surface area contributed by atoms with Crippen LogP contribution in [-0.2, 0) is 7.05 Å². The van der Waals surface area contributed by atoms with Crippen molar-refractivity contribution in [2.24, 2.45) is 7.05 Å². The average molecular weight is 500 g/mol. The van der Waals surface area contributed by atoms with Gasteiger partial charge in [0, 0.05) is 38.3 Å².